The maximum atomic E-state index is 14.2. The van der Waals surface area contributed by atoms with E-state index in [0.29, 0.717) is 17.8 Å². The van der Waals surface area contributed by atoms with Gasteiger partial charge in [-0.2, -0.15) is 0 Å². The summed E-state index contributed by atoms with van der Waals surface area (Å²) in [5, 5.41) is 0. The predicted octanol–water partition coefficient (Wildman–Crippen LogP) is 4.00. The Hall–Kier alpha value is -1.58. The van der Waals surface area contributed by atoms with Crippen molar-refractivity contribution in [3.63, 3.8) is 0 Å². The van der Waals surface area contributed by atoms with Crippen LogP contribution >= 0.6 is 0 Å². The molecule has 108 valence electrons. The molecule has 1 aliphatic carbocycles. The molecule has 1 aromatic carbocycles. The van der Waals surface area contributed by atoms with Crippen molar-refractivity contribution in [2.45, 2.75) is 51.0 Å². The van der Waals surface area contributed by atoms with Gasteiger partial charge >= 0.3 is 6.09 Å². The maximum absolute atomic E-state index is 14.2. The quantitative estimate of drug-likeness (QED) is 0.717. The van der Waals surface area contributed by atoms with E-state index < -0.39 is 5.60 Å². The molecule has 1 amide bonds. The van der Waals surface area contributed by atoms with Crippen LogP contribution in [0.1, 0.15) is 45.6 Å². The Balaban J connectivity index is 1.97. The van der Waals surface area contributed by atoms with E-state index in [1.807, 2.05) is 26.8 Å². The zero-order valence-corrected chi connectivity index (χ0v) is 12.2. The minimum atomic E-state index is -0.542. The molecule has 0 radical (unpaired) electrons. The number of hydrogen-bond donors (Lipinski definition) is 0. The summed E-state index contributed by atoms with van der Waals surface area (Å²) in [6, 6.07) is 4.95. The van der Waals surface area contributed by atoms with E-state index in [9.17, 15) is 9.18 Å². The van der Waals surface area contributed by atoms with E-state index in [4.69, 9.17) is 4.74 Å². The average molecular weight is 277 g/mol. The average Bonchev–Trinajstić information content (AvgIpc) is 2.63. The molecule has 2 aliphatic rings. The number of nitrogens with zero attached hydrogens (tertiary/aromatic N) is 1. The lowest BCUT2D eigenvalue weighted by atomic mass is 9.65. The minimum absolute atomic E-state index is 0.183. The topological polar surface area (TPSA) is 29.5 Å². The van der Waals surface area contributed by atoms with Gasteiger partial charge < -0.3 is 4.74 Å². The van der Waals surface area contributed by atoms with Gasteiger partial charge in [0.05, 0.1) is 5.69 Å². The van der Waals surface area contributed by atoms with Gasteiger partial charge in [0.2, 0.25) is 0 Å². The van der Waals surface area contributed by atoms with E-state index in [-0.39, 0.29) is 17.3 Å². The van der Waals surface area contributed by atoms with Crippen LogP contribution in [0.15, 0.2) is 18.2 Å². The SMILES string of the molecule is CC(C)(C)OC(=O)N1CC2(CCC2)c2c(F)cccc21. The first-order chi connectivity index (χ1) is 9.32. The fraction of sp³-hybridized carbons (Fsp3) is 0.562. The number of carbonyl (C=O) groups is 1. The molecule has 1 aliphatic heterocycles. The molecule has 1 aromatic rings. The van der Waals surface area contributed by atoms with E-state index in [0.717, 1.165) is 19.3 Å². The number of rotatable bonds is 0. The molecule has 1 heterocycles. The standard InChI is InChI=1S/C16H20FNO2/c1-15(2,3)20-14(19)18-10-16(8-5-9-16)13-11(17)6-4-7-12(13)18/h4,6-7H,5,8-10H2,1-3H3. The highest BCUT2D eigenvalue weighted by Gasteiger charge is 2.50. The van der Waals surface area contributed by atoms with Gasteiger partial charge in [0, 0.05) is 17.5 Å². The molecule has 1 saturated carbocycles. The van der Waals surface area contributed by atoms with Crippen molar-refractivity contribution >= 4 is 11.8 Å². The van der Waals surface area contributed by atoms with Crippen LogP contribution in [0.4, 0.5) is 14.9 Å². The number of benzene rings is 1. The summed E-state index contributed by atoms with van der Waals surface area (Å²) in [7, 11) is 0. The molecule has 4 heteroatoms. The van der Waals surface area contributed by atoms with Crippen LogP contribution in [0.5, 0.6) is 0 Å². The molecule has 3 rings (SSSR count). The zero-order valence-electron chi connectivity index (χ0n) is 12.2. The van der Waals surface area contributed by atoms with Crippen molar-refractivity contribution in [3.8, 4) is 0 Å². The van der Waals surface area contributed by atoms with Crippen LogP contribution in [-0.4, -0.2) is 18.2 Å². The zero-order chi connectivity index (χ0) is 14.5. The number of hydrogen-bond acceptors (Lipinski definition) is 2. The third kappa shape index (κ3) is 1.98. The Morgan fingerprint density at radius 1 is 1.35 bits per heavy atom. The molecular formula is C16H20FNO2. The van der Waals surface area contributed by atoms with E-state index in [1.54, 1.807) is 11.0 Å². The highest BCUT2D eigenvalue weighted by molar-refractivity contribution is 5.92. The van der Waals surface area contributed by atoms with Crippen LogP contribution < -0.4 is 4.90 Å². The molecule has 0 aromatic heterocycles. The summed E-state index contributed by atoms with van der Waals surface area (Å²) in [5.74, 6) is -0.201. The van der Waals surface area contributed by atoms with Gasteiger partial charge in [0.15, 0.2) is 0 Å². The number of carbonyl (C=O) groups excluding carboxylic acids is 1. The molecule has 0 bridgehead atoms. The summed E-state index contributed by atoms with van der Waals surface area (Å²) in [4.78, 5) is 13.9. The Morgan fingerprint density at radius 3 is 2.60 bits per heavy atom. The summed E-state index contributed by atoms with van der Waals surface area (Å²) >= 11 is 0. The lowest BCUT2D eigenvalue weighted by Gasteiger charge is -2.39. The largest absolute Gasteiger partial charge is 0.443 e. The number of anilines is 1. The third-order valence-corrected chi connectivity index (χ3v) is 4.20. The van der Waals surface area contributed by atoms with Crippen molar-refractivity contribution in [1.29, 1.82) is 0 Å². The Morgan fingerprint density at radius 2 is 2.05 bits per heavy atom. The number of ether oxygens (including phenoxy) is 1. The molecule has 1 spiro atoms. The molecule has 20 heavy (non-hydrogen) atoms. The molecule has 0 saturated heterocycles. The van der Waals surface area contributed by atoms with Gasteiger partial charge in [-0.3, -0.25) is 4.90 Å². The molecular weight excluding hydrogens is 257 g/mol. The predicted molar refractivity (Wildman–Crippen MR) is 75.5 cm³/mol. The Bertz CT molecular complexity index is 558. The highest BCUT2D eigenvalue weighted by atomic mass is 19.1. The van der Waals surface area contributed by atoms with Crippen molar-refractivity contribution in [3.05, 3.63) is 29.6 Å². The second-order valence-corrected chi connectivity index (χ2v) is 6.83. The summed E-state index contributed by atoms with van der Waals surface area (Å²) in [5.41, 5.74) is 0.661. The van der Waals surface area contributed by atoms with Gasteiger partial charge in [0.1, 0.15) is 11.4 Å². The second-order valence-electron chi connectivity index (χ2n) is 6.83. The first-order valence-electron chi connectivity index (χ1n) is 7.12. The molecule has 0 atom stereocenters. The van der Waals surface area contributed by atoms with Gasteiger partial charge in [0.25, 0.3) is 0 Å². The van der Waals surface area contributed by atoms with Crippen LogP contribution in [0, 0.1) is 5.82 Å². The first kappa shape index (κ1) is 13.4. The van der Waals surface area contributed by atoms with Crippen LogP contribution in [-0.2, 0) is 10.2 Å². The van der Waals surface area contributed by atoms with Gasteiger partial charge in [-0.1, -0.05) is 12.5 Å². The Kier molecular flexibility index (Phi) is 2.82. The monoisotopic (exact) mass is 277 g/mol. The smallest absolute Gasteiger partial charge is 0.414 e. The lowest BCUT2D eigenvalue weighted by Crippen LogP contribution is -2.43. The second kappa shape index (κ2) is 4.21. The molecule has 1 fully saturated rings. The van der Waals surface area contributed by atoms with Gasteiger partial charge in [-0.05, 0) is 45.7 Å². The number of amides is 1. The maximum Gasteiger partial charge on any atom is 0.414 e. The van der Waals surface area contributed by atoms with Crippen molar-refractivity contribution in [1.82, 2.24) is 0 Å². The Labute approximate surface area is 118 Å². The fourth-order valence-corrected chi connectivity index (χ4v) is 3.22. The van der Waals surface area contributed by atoms with Crippen LogP contribution in [0.25, 0.3) is 0 Å². The number of fused-ring (bicyclic) bond motifs is 2. The van der Waals surface area contributed by atoms with Crippen LogP contribution in [0.2, 0.25) is 0 Å². The van der Waals surface area contributed by atoms with Gasteiger partial charge in [-0.15, -0.1) is 0 Å². The van der Waals surface area contributed by atoms with Crippen molar-refractivity contribution in [2.75, 3.05) is 11.4 Å². The minimum Gasteiger partial charge on any atom is -0.443 e. The van der Waals surface area contributed by atoms with E-state index >= 15 is 0 Å². The summed E-state index contributed by atoms with van der Waals surface area (Å²) < 4.78 is 19.6. The summed E-state index contributed by atoms with van der Waals surface area (Å²) in [6.07, 6.45) is 2.60. The van der Waals surface area contributed by atoms with Crippen molar-refractivity contribution in [2.24, 2.45) is 0 Å². The molecule has 0 unspecified atom stereocenters. The van der Waals surface area contributed by atoms with E-state index in [2.05, 4.69) is 0 Å². The number of halogens is 1. The molecule has 0 N–H and O–H groups in total. The lowest BCUT2D eigenvalue weighted by molar-refractivity contribution is 0.0571. The molecule has 3 nitrogen and oxygen atoms in total. The first-order valence-corrected chi connectivity index (χ1v) is 7.12. The normalized spacial score (nSPS) is 19.7. The fourth-order valence-electron chi connectivity index (χ4n) is 3.22. The van der Waals surface area contributed by atoms with Gasteiger partial charge in [-0.25, -0.2) is 9.18 Å². The van der Waals surface area contributed by atoms with E-state index in [1.165, 1.54) is 6.07 Å². The highest BCUT2D eigenvalue weighted by Crippen LogP contribution is 2.53. The van der Waals surface area contributed by atoms with Crippen molar-refractivity contribution < 1.29 is 13.9 Å². The third-order valence-electron chi connectivity index (χ3n) is 4.20. The van der Waals surface area contributed by atoms with Crippen LogP contribution in [0.3, 0.4) is 0 Å². The summed E-state index contributed by atoms with van der Waals surface area (Å²) in [6.45, 7) is 6.06.